The summed E-state index contributed by atoms with van der Waals surface area (Å²) in [7, 11) is 0. The number of aldehydes is 1. The molecule has 0 aliphatic heterocycles. The summed E-state index contributed by atoms with van der Waals surface area (Å²) in [6, 6.07) is 0. The van der Waals surface area contributed by atoms with Crippen LogP contribution in [0, 0.1) is 11.8 Å². The minimum Gasteiger partial charge on any atom is -0.392 e. The molecule has 0 aromatic rings. The van der Waals surface area contributed by atoms with Gasteiger partial charge in [-0.15, -0.1) is 0 Å². The van der Waals surface area contributed by atoms with Crippen LogP contribution in [0.25, 0.3) is 0 Å². The van der Waals surface area contributed by atoms with Crippen LogP contribution >= 0.6 is 12.6 Å². The van der Waals surface area contributed by atoms with E-state index in [1.54, 1.807) is 0 Å². The fraction of sp³-hybridized carbons (Fsp3) is 0.889. The van der Waals surface area contributed by atoms with Crippen molar-refractivity contribution in [2.75, 3.05) is 5.75 Å². The van der Waals surface area contributed by atoms with E-state index in [-0.39, 0.29) is 5.92 Å². The second kappa shape index (κ2) is 6.49. The Labute approximate surface area is 79.8 Å². The number of rotatable bonds is 6. The lowest BCUT2D eigenvalue weighted by atomic mass is 9.94. The molecule has 0 aromatic carbocycles. The lowest BCUT2D eigenvalue weighted by Crippen LogP contribution is -2.17. The van der Waals surface area contributed by atoms with E-state index in [9.17, 15) is 9.90 Å². The summed E-state index contributed by atoms with van der Waals surface area (Å²) < 4.78 is 0. The van der Waals surface area contributed by atoms with Gasteiger partial charge in [0.2, 0.25) is 0 Å². The minimum absolute atomic E-state index is 0.00727. The molecular formula is C9H18O2S. The van der Waals surface area contributed by atoms with Crippen molar-refractivity contribution in [3.05, 3.63) is 0 Å². The van der Waals surface area contributed by atoms with Crippen LogP contribution in [0.5, 0.6) is 0 Å². The zero-order chi connectivity index (χ0) is 9.56. The van der Waals surface area contributed by atoms with Crippen LogP contribution in [0.2, 0.25) is 0 Å². The van der Waals surface area contributed by atoms with Crippen molar-refractivity contribution in [1.29, 1.82) is 0 Å². The number of aliphatic hydroxyl groups excluding tert-OH is 1. The highest BCUT2D eigenvalue weighted by atomic mass is 32.1. The molecule has 2 atom stereocenters. The summed E-state index contributed by atoms with van der Waals surface area (Å²) in [5, 5.41) is 9.24. The topological polar surface area (TPSA) is 37.3 Å². The van der Waals surface area contributed by atoms with Gasteiger partial charge in [0.05, 0.1) is 6.10 Å². The second-order valence-corrected chi connectivity index (χ2v) is 3.96. The molecule has 0 radical (unpaired) electrons. The highest BCUT2D eigenvalue weighted by molar-refractivity contribution is 7.80. The highest BCUT2D eigenvalue weighted by Crippen LogP contribution is 2.15. The van der Waals surface area contributed by atoms with Crippen LogP contribution in [-0.4, -0.2) is 23.2 Å². The Kier molecular flexibility index (Phi) is 6.48. The third-order valence-corrected chi connectivity index (χ3v) is 2.17. The zero-order valence-corrected chi connectivity index (χ0v) is 8.63. The van der Waals surface area contributed by atoms with Crippen molar-refractivity contribution in [3.8, 4) is 0 Å². The van der Waals surface area contributed by atoms with E-state index in [0.29, 0.717) is 18.1 Å². The Morgan fingerprint density at radius 2 is 2.00 bits per heavy atom. The van der Waals surface area contributed by atoms with E-state index in [1.165, 1.54) is 0 Å². The molecule has 0 aliphatic carbocycles. The first-order chi connectivity index (χ1) is 5.60. The number of carbonyl (C=O) groups is 1. The molecule has 0 aromatic heterocycles. The highest BCUT2D eigenvalue weighted by Gasteiger charge is 2.13. The van der Waals surface area contributed by atoms with Crippen molar-refractivity contribution in [3.63, 3.8) is 0 Å². The van der Waals surface area contributed by atoms with Crippen LogP contribution in [0.3, 0.4) is 0 Å². The van der Waals surface area contributed by atoms with Gasteiger partial charge < -0.3 is 9.90 Å². The molecule has 72 valence electrons. The van der Waals surface area contributed by atoms with Crippen LogP contribution in [0.1, 0.15) is 26.7 Å². The Balaban J connectivity index is 3.74. The van der Waals surface area contributed by atoms with E-state index in [1.807, 2.05) is 0 Å². The number of carbonyl (C=O) groups excluding carboxylic acids is 1. The maximum atomic E-state index is 10.6. The fourth-order valence-electron chi connectivity index (χ4n) is 1.24. The number of thiol groups is 1. The predicted octanol–water partition coefficient (Wildman–Crippen LogP) is 1.53. The van der Waals surface area contributed by atoms with Crippen LogP contribution < -0.4 is 0 Å². The number of hydrogen-bond acceptors (Lipinski definition) is 3. The number of hydrogen-bond donors (Lipinski definition) is 2. The van der Waals surface area contributed by atoms with Gasteiger partial charge in [-0.1, -0.05) is 13.8 Å². The van der Waals surface area contributed by atoms with Crippen molar-refractivity contribution < 1.29 is 9.90 Å². The molecule has 0 saturated heterocycles. The van der Waals surface area contributed by atoms with Gasteiger partial charge in [0.25, 0.3) is 0 Å². The molecule has 0 heterocycles. The molecule has 0 fully saturated rings. The Morgan fingerprint density at radius 3 is 2.33 bits per heavy atom. The average Bonchev–Trinajstić information content (AvgIpc) is 2.02. The quantitative estimate of drug-likeness (QED) is 0.492. The smallest absolute Gasteiger partial charge is 0.123 e. The van der Waals surface area contributed by atoms with Crippen LogP contribution in [-0.2, 0) is 4.79 Å². The largest absolute Gasteiger partial charge is 0.392 e. The summed E-state index contributed by atoms with van der Waals surface area (Å²) in [5.41, 5.74) is 0. The summed E-state index contributed by atoms with van der Waals surface area (Å²) >= 11 is 3.95. The molecule has 0 spiro atoms. The third-order valence-electron chi connectivity index (χ3n) is 1.75. The first kappa shape index (κ1) is 12.0. The van der Waals surface area contributed by atoms with Gasteiger partial charge in [-0.2, -0.15) is 12.6 Å². The molecule has 12 heavy (non-hydrogen) atoms. The van der Waals surface area contributed by atoms with Gasteiger partial charge in [-0.25, -0.2) is 0 Å². The second-order valence-electron chi connectivity index (χ2n) is 3.60. The SMILES string of the molecule is CC(C)CC(C=O)CC(O)CS. The minimum atomic E-state index is -0.442. The van der Waals surface area contributed by atoms with Crippen LogP contribution in [0.4, 0.5) is 0 Å². The third kappa shape index (κ3) is 5.61. The predicted molar refractivity (Wildman–Crippen MR) is 53.5 cm³/mol. The molecule has 0 amide bonds. The Morgan fingerprint density at radius 1 is 1.42 bits per heavy atom. The Bertz CT molecular complexity index is 126. The molecule has 2 unspecified atom stereocenters. The summed E-state index contributed by atoms with van der Waals surface area (Å²) in [4.78, 5) is 10.6. The maximum absolute atomic E-state index is 10.6. The van der Waals surface area contributed by atoms with Crippen molar-refractivity contribution in [1.82, 2.24) is 0 Å². The summed E-state index contributed by atoms with van der Waals surface area (Å²) in [6.07, 6.45) is 1.90. The van der Waals surface area contributed by atoms with E-state index in [2.05, 4.69) is 26.5 Å². The average molecular weight is 190 g/mol. The molecule has 0 bridgehead atoms. The van der Waals surface area contributed by atoms with Crippen LogP contribution in [0.15, 0.2) is 0 Å². The first-order valence-electron chi connectivity index (χ1n) is 4.34. The number of aliphatic hydroxyl groups is 1. The zero-order valence-electron chi connectivity index (χ0n) is 7.73. The molecule has 3 heteroatoms. The monoisotopic (exact) mass is 190 g/mol. The van der Waals surface area contributed by atoms with Gasteiger partial charge in [-0.3, -0.25) is 0 Å². The van der Waals surface area contributed by atoms with Gasteiger partial charge in [0.1, 0.15) is 6.29 Å². The van der Waals surface area contributed by atoms with Crippen molar-refractivity contribution >= 4 is 18.9 Å². The van der Waals surface area contributed by atoms with Gasteiger partial charge >= 0.3 is 0 Å². The normalized spacial score (nSPS) is 16.1. The van der Waals surface area contributed by atoms with E-state index < -0.39 is 6.10 Å². The molecule has 0 rings (SSSR count). The van der Waals surface area contributed by atoms with Gasteiger partial charge in [0.15, 0.2) is 0 Å². The lowest BCUT2D eigenvalue weighted by Gasteiger charge is -2.15. The Hall–Kier alpha value is -0.0200. The maximum Gasteiger partial charge on any atom is 0.123 e. The molecule has 1 N–H and O–H groups in total. The van der Waals surface area contributed by atoms with E-state index in [4.69, 9.17) is 0 Å². The first-order valence-corrected chi connectivity index (χ1v) is 4.97. The van der Waals surface area contributed by atoms with Gasteiger partial charge in [0, 0.05) is 11.7 Å². The fourth-order valence-corrected chi connectivity index (χ4v) is 1.39. The summed E-state index contributed by atoms with van der Waals surface area (Å²) in [5.74, 6) is 0.932. The van der Waals surface area contributed by atoms with Crippen molar-refractivity contribution in [2.24, 2.45) is 11.8 Å². The molecule has 2 nitrogen and oxygen atoms in total. The van der Waals surface area contributed by atoms with E-state index in [0.717, 1.165) is 12.7 Å². The van der Waals surface area contributed by atoms with Crippen molar-refractivity contribution in [2.45, 2.75) is 32.8 Å². The van der Waals surface area contributed by atoms with Gasteiger partial charge in [-0.05, 0) is 18.8 Å². The molecular weight excluding hydrogens is 172 g/mol. The lowest BCUT2D eigenvalue weighted by molar-refractivity contribution is -0.112. The summed E-state index contributed by atoms with van der Waals surface area (Å²) in [6.45, 7) is 4.15. The standard InChI is InChI=1S/C9H18O2S/c1-7(2)3-8(5-10)4-9(11)6-12/h5,7-9,11-12H,3-4,6H2,1-2H3. The van der Waals surface area contributed by atoms with E-state index >= 15 is 0 Å². The molecule has 0 saturated carbocycles. The molecule has 0 aliphatic rings.